The molecule has 0 fully saturated rings. The summed E-state index contributed by atoms with van der Waals surface area (Å²) in [6.45, 7) is 4.00. The van der Waals surface area contributed by atoms with Crippen LogP contribution in [0.25, 0.3) is 0 Å². The third-order valence-corrected chi connectivity index (χ3v) is 3.40. The van der Waals surface area contributed by atoms with Crippen molar-refractivity contribution in [1.82, 2.24) is 4.98 Å². The first kappa shape index (κ1) is 15.9. The molecule has 0 aromatic carbocycles. The van der Waals surface area contributed by atoms with Gasteiger partial charge in [-0.1, -0.05) is 29.8 Å². The summed E-state index contributed by atoms with van der Waals surface area (Å²) >= 11 is 3.39. The number of allylic oxidation sites excluding steroid dienone is 1. The Kier molecular flexibility index (Phi) is 6.27. The molecule has 106 valence electrons. The van der Waals surface area contributed by atoms with Crippen molar-refractivity contribution in [2.45, 2.75) is 39.2 Å². The second kappa shape index (κ2) is 7.47. The average Bonchev–Trinajstić information content (AvgIpc) is 2.43. The van der Waals surface area contributed by atoms with Crippen LogP contribution in [0.1, 0.15) is 33.1 Å². The Morgan fingerprint density at radius 1 is 1.42 bits per heavy atom. The molecule has 0 spiro atoms. The molecular weight excluding hydrogens is 306 g/mol. The summed E-state index contributed by atoms with van der Waals surface area (Å²) in [4.78, 5) is 4.21. The Balaban J connectivity index is 0.000000861. The van der Waals surface area contributed by atoms with Gasteiger partial charge in [-0.3, -0.25) is 5.01 Å². The Bertz CT molecular complexity index is 446. The Morgan fingerprint density at radius 2 is 2.11 bits per heavy atom. The van der Waals surface area contributed by atoms with Crippen molar-refractivity contribution in [3.8, 4) is 0 Å². The normalized spacial score (nSPS) is 18.7. The van der Waals surface area contributed by atoms with Crippen LogP contribution < -0.4 is 22.3 Å². The fourth-order valence-electron chi connectivity index (χ4n) is 1.93. The minimum absolute atomic E-state index is 0.100. The van der Waals surface area contributed by atoms with Crippen LogP contribution in [-0.2, 0) is 0 Å². The third kappa shape index (κ3) is 3.92. The Morgan fingerprint density at radius 3 is 2.74 bits per heavy atom. The van der Waals surface area contributed by atoms with Crippen LogP contribution in [0, 0.1) is 0 Å². The fraction of sp³-hybridized carbons (Fsp3) is 0.462. The summed E-state index contributed by atoms with van der Waals surface area (Å²) in [6, 6.07) is 3.60. The van der Waals surface area contributed by atoms with E-state index in [0.717, 1.165) is 29.4 Å². The van der Waals surface area contributed by atoms with E-state index in [1.165, 1.54) is 5.01 Å². The van der Waals surface area contributed by atoms with E-state index >= 15 is 0 Å². The molecule has 1 aliphatic rings. The van der Waals surface area contributed by atoms with E-state index in [2.05, 4.69) is 20.9 Å². The zero-order valence-corrected chi connectivity index (χ0v) is 13.0. The molecule has 1 aromatic heterocycles. The summed E-state index contributed by atoms with van der Waals surface area (Å²) in [5.41, 5.74) is 13.4. The maximum atomic E-state index is 6.05. The van der Waals surface area contributed by atoms with Gasteiger partial charge in [-0.25, -0.2) is 10.8 Å². The van der Waals surface area contributed by atoms with Gasteiger partial charge >= 0.3 is 0 Å². The predicted octanol–water partition coefficient (Wildman–Crippen LogP) is 2.23. The van der Waals surface area contributed by atoms with Gasteiger partial charge in [0.2, 0.25) is 0 Å². The third-order valence-electron chi connectivity index (χ3n) is 2.91. The van der Waals surface area contributed by atoms with Crippen molar-refractivity contribution in [1.29, 1.82) is 0 Å². The molecule has 1 atom stereocenters. The lowest BCUT2D eigenvalue weighted by Gasteiger charge is -2.29. The van der Waals surface area contributed by atoms with E-state index in [0.29, 0.717) is 11.5 Å². The molecule has 1 unspecified atom stereocenters. The molecule has 1 heterocycles. The van der Waals surface area contributed by atoms with Crippen molar-refractivity contribution in [3.63, 3.8) is 0 Å². The van der Waals surface area contributed by atoms with Gasteiger partial charge in [0.15, 0.2) is 0 Å². The zero-order valence-electron chi connectivity index (χ0n) is 11.4. The molecule has 1 aromatic rings. The number of halogens is 1. The number of hydrazine groups is 1. The van der Waals surface area contributed by atoms with Crippen molar-refractivity contribution >= 4 is 21.7 Å². The van der Waals surface area contributed by atoms with Crippen molar-refractivity contribution in [3.05, 3.63) is 34.2 Å². The predicted molar refractivity (Wildman–Crippen MR) is 83.0 cm³/mol. The minimum Gasteiger partial charge on any atom is -0.399 e. The van der Waals surface area contributed by atoms with Gasteiger partial charge in [0, 0.05) is 22.4 Å². The van der Waals surface area contributed by atoms with Crippen LogP contribution in [0.5, 0.6) is 0 Å². The van der Waals surface area contributed by atoms with Gasteiger partial charge in [0.1, 0.15) is 5.82 Å². The number of aromatic nitrogens is 1. The van der Waals surface area contributed by atoms with E-state index in [4.69, 9.17) is 17.3 Å². The summed E-state index contributed by atoms with van der Waals surface area (Å²) in [7, 11) is 0. The molecule has 0 aliphatic heterocycles. The highest BCUT2D eigenvalue weighted by Crippen LogP contribution is 2.26. The molecule has 0 radical (unpaired) electrons. The lowest BCUT2D eigenvalue weighted by atomic mass is 9.97. The van der Waals surface area contributed by atoms with Gasteiger partial charge < -0.3 is 11.5 Å². The van der Waals surface area contributed by atoms with Crippen molar-refractivity contribution in [2.24, 2.45) is 17.3 Å². The summed E-state index contributed by atoms with van der Waals surface area (Å²) in [5.74, 6) is 6.71. The zero-order chi connectivity index (χ0) is 14.4. The number of pyridine rings is 1. The standard InChI is InChI=1S/C11H16BrN5.C2H6/c12-7-4-5-16-10(6-7)17(15)9-3-1-2-8(13)11(9)14;1-2/h4-6,8H,1-3,13-15H2;1-2H3. The second-order valence-electron chi connectivity index (χ2n) is 4.10. The van der Waals surface area contributed by atoms with Crippen LogP contribution >= 0.6 is 15.9 Å². The van der Waals surface area contributed by atoms with Gasteiger partial charge in [-0.2, -0.15) is 0 Å². The smallest absolute Gasteiger partial charge is 0.148 e. The summed E-state index contributed by atoms with van der Waals surface area (Å²) in [5, 5.41) is 1.53. The van der Waals surface area contributed by atoms with Crippen LogP contribution in [0.15, 0.2) is 34.2 Å². The van der Waals surface area contributed by atoms with E-state index in [-0.39, 0.29) is 6.04 Å². The van der Waals surface area contributed by atoms with Crippen LogP contribution in [0.2, 0.25) is 0 Å². The van der Waals surface area contributed by atoms with Gasteiger partial charge in [-0.15, -0.1) is 0 Å². The number of hydrogen-bond acceptors (Lipinski definition) is 5. The first-order valence-electron chi connectivity index (χ1n) is 6.50. The molecule has 0 saturated heterocycles. The molecule has 2 rings (SSSR count). The highest BCUT2D eigenvalue weighted by molar-refractivity contribution is 9.10. The Labute approximate surface area is 122 Å². The van der Waals surface area contributed by atoms with E-state index in [1.54, 1.807) is 6.20 Å². The molecular formula is C13H22BrN5. The Hall–Kier alpha value is -1.11. The SMILES string of the molecule is CC.NC1=C(N(N)c2cc(Br)ccn2)CCCC1N. The molecule has 0 saturated carbocycles. The number of anilines is 1. The largest absolute Gasteiger partial charge is 0.399 e. The lowest BCUT2D eigenvalue weighted by molar-refractivity contribution is 0.575. The molecule has 1 aliphatic carbocycles. The summed E-state index contributed by atoms with van der Waals surface area (Å²) < 4.78 is 0.928. The first-order valence-corrected chi connectivity index (χ1v) is 7.29. The molecule has 0 bridgehead atoms. The van der Waals surface area contributed by atoms with E-state index < -0.39 is 0 Å². The quantitative estimate of drug-likeness (QED) is 0.572. The van der Waals surface area contributed by atoms with Crippen LogP contribution in [0.3, 0.4) is 0 Å². The molecule has 0 amide bonds. The maximum absolute atomic E-state index is 6.05. The van der Waals surface area contributed by atoms with Gasteiger partial charge in [-0.05, 0) is 31.4 Å². The fourth-order valence-corrected chi connectivity index (χ4v) is 2.25. The number of nitrogens with two attached hydrogens (primary N) is 3. The summed E-state index contributed by atoms with van der Waals surface area (Å²) in [6.07, 6.45) is 4.44. The topological polar surface area (TPSA) is 94.2 Å². The molecule has 6 N–H and O–H groups in total. The van der Waals surface area contributed by atoms with Crippen molar-refractivity contribution < 1.29 is 0 Å². The lowest BCUT2D eigenvalue weighted by Crippen LogP contribution is -2.40. The van der Waals surface area contributed by atoms with E-state index in [1.807, 2.05) is 26.0 Å². The molecule has 6 heteroatoms. The minimum atomic E-state index is -0.100. The number of rotatable bonds is 2. The monoisotopic (exact) mass is 327 g/mol. The average molecular weight is 328 g/mol. The highest BCUT2D eigenvalue weighted by Gasteiger charge is 2.21. The van der Waals surface area contributed by atoms with Crippen molar-refractivity contribution in [2.75, 3.05) is 5.01 Å². The van der Waals surface area contributed by atoms with Gasteiger partial charge in [0.25, 0.3) is 0 Å². The molecule has 5 nitrogen and oxygen atoms in total. The van der Waals surface area contributed by atoms with Gasteiger partial charge in [0.05, 0.1) is 5.70 Å². The van der Waals surface area contributed by atoms with Crippen LogP contribution in [-0.4, -0.2) is 11.0 Å². The first-order chi connectivity index (χ1) is 9.09. The number of nitrogens with zero attached hydrogens (tertiary/aromatic N) is 2. The number of hydrogen-bond donors (Lipinski definition) is 3. The maximum Gasteiger partial charge on any atom is 0.148 e. The highest BCUT2D eigenvalue weighted by atomic mass is 79.9. The second-order valence-corrected chi connectivity index (χ2v) is 5.02. The van der Waals surface area contributed by atoms with Crippen LogP contribution in [0.4, 0.5) is 5.82 Å². The molecule has 19 heavy (non-hydrogen) atoms. The van der Waals surface area contributed by atoms with E-state index in [9.17, 15) is 0 Å².